The van der Waals surface area contributed by atoms with Crippen LogP contribution in [0.15, 0.2) is 48.5 Å². The number of amides is 2. The first-order valence-corrected chi connectivity index (χ1v) is 9.54. The van der Waals surface area contributed by atoms with E-state index in [0.717, 1.165) is 43.1 Å². The van der Waals surface area contributed by atoms with Gasteiger partial charge in [0.2, 0.25) is 11.8 Å². The van der Waals surface area contributed by atoms with Gasteiger partial charge < -0.3 is 15.1 Å². The molecule has 1 heterocycles. The van der Waals surface area contributed by atoms with Crippen molar-refractivity contribution in [3.8, 4) is 0 Å². The predicted molar refractivity (Wildman–Crippen MR) is 109 cm³/mol. The Bertz CT molecular complexity index is 793. The molecule has 1 aliphatic rings. The molecule has 5 heteroatoms. The number of piperazine rings is 1. The van der Waals surface area contributed by atoms with Crippen molar-refractivity contribution in [2.24, 2.45) is 0 Å². The second-order valence-electron chi connectivity index (χ2n) is 6.92. The number of nitrogens with zero attached hydrogens (tertiary/aromatic N) is 2. The molecule has 1 N–H and O–H groups in total. The minimum absolute atomic E-state index is 0.0172. The molecule has 0 saturated carbocycles. The van der Waals surface area contributed by atoms with Crippen LogP contribution >= 0.6 is 0 Å². The Labute approximate surface area is 161 Å². The van der Waals surface area contributed by atoms with Crippen molar-refractivity contribution in [3.05, 3.63) is 59.7 Å². The molecular formula is C22H27N3O2. The predicted octanol–water partition coefficient (Wildman–Crippen LogP) is 3.23. The first kappa shape index (κ1) is 19.0. The number of carbonyl (C=O) groups excluding carboxylic acids is 2. The van der Waals surface area contributed by atoms with Crippen LogP contribution < -0.4 is 10.2 Å². The maximum Gasteiger partial charge on any atom is 0.227 e. The van der Waals surface area contributed by atoms with Crippen molar-refractivity contribution in [3.63, 3.8) is 0 Å². The fourth-order valence-corrected chi connectivity index (χ4v) is 3.30. The van der Waals surface area contributed by atoms with E-state index >= 15 is 0 Å². The zero-order valence-corrected chi connectivity index (χ0v) is 16.1. The first-order valence-electron chi connectivity index (χ1n) is 9.54. The molecule has 0 atom stereocenters. The number of aryl methyl sites for hydroxylation is 1. The van der Waals surface area contributed by atoms with Gasteiger partial charge in [0.15, 0.2) is 0 Å². The number of carbonyl (C=O) groups is 2. The molecule has 0 aliphatic carbocycles. The van der Waals surface area contributed by atoms with Crippen LogP contribution in [0.5, 0.6) is 0 Å². The highest BCUT2D eigenvalue weighted by Gasteiger charge is 2.21. The normalized spacial score (nSPS) is 14.1. The lowest BCUT2D eigenvalue weighted by atomic mass is 10.1. The Hall–Kier alpha value is -2.82. The largest absolute Gasteiger partial charge is 0.368 e. The summed E-state index contributed by atoms with van der Waals surface area (Å²) in [5, 5.41) is 2.86. The fraction of sp³-hybridized carbons (Fsp3) is 0.364. The number of rotatable bonds is 5. The Morgan fingerprint density at radius 3 is 2.26 bits per heavy atom. The van der Waals surface area contributed by atoms with Gasteiger partial charge in [-0.2, -0.15) is 0 Å². The molecule has 0 aromatic heterocycles. The SMILES string of the molecule is CCC(=O)Nc1ccc(N2CCN(C(=O)Cc3ccccc3C)CC2)cc1. The molecule has 27 heavy (non-hydrogen) atoms. The van der Waals surface area contributed by atoms with Crippen LogP contribution in [0.25, 0.3) is 0 Å². The lowest BCUT2D eigenvalue weighted by Gasteiger charge is -2.36. The summed E-state index contributed by atoms with van der Waals surface area (Å²) in [6.45, 7) is 7.00. The van der Waals surface area contributed by atoms with Crippen LogP contribution in [0.1, 0.15) is 24.5 Å². The summed E-state index contributed by atoms with van der Waals surface area (Å²) in [6.07, 6.45) is 0.943. The van der Waals surface area contributed by atoms with Gasteiger partial charge in [0.1, 0.15) is 0 Å². The highest BCUT2D eigenvalue weighted by molar-refractivity contribution is 5.90. The summed E-state index contributed by atoms with van der Waals surface area (Å²) in [6, 6.07) is 16.0. The van der Waals surface area contributed by atoms with E-state index in [0.29, 0.717) is 12.8 Å². The van der Waals surface area contributed by atoms with Gasteiger partial charge >= 0.3 is 0 Å². The Balaban J connectivity index is 1.53. The quantitative estimate of drug-likeness (QED) is 0.885. The highest BCUT2D eigenvalue weighted by Crippen LogP contribution is 2.20. The van der Waals surface area contributed by atoms with E-state index in [9.17, 15) is 9.59 Å². The Morgan fingerprint density at radius 2 is 1.63 bits per heavy atom. The topological polar surface area (TPSA) is 52.7 Å². The monoisotopic (exact) mass is 365 g/mol. The molecule has 5 nitrogen and oxygen atoms in total. The van der Waals surface area contributed by atoms with E-state index in [2.05, 4.69) is 10.2 Å². The van der Waals surface area contributed by atoms with Gasteiger partial charge in [0.25, 0.3) is 0 Å². The van der Waals surface area contributed by atoms with Crippen LogP contribution in [0.4, 0.5) is 11.4 Å². The van der Waals surface area contributed by atoms with Crippen LogP contribution in [-0.4, -0.2) is 42.9 Å². The molecule has 142 valence electrons. The summed E-state index contributed by atoms with van der Waals surface area (Å²) < 4.78 is 0. The Morgan fingerprint density at radius 1 is 0.963 bits per heavy atom. The second kappa shape index (κ2) is 8.71. The zero-order chi connectivity index (χ0) is 19.2. The molecule has 0 bridgehead atoms. The van der Waals surface area contributed by atoms with Crippen LogP contribution in [0.3, 0.4) is 0 Å². The number of anilines is 2. The second-order valence-corrected chi connectivity index (χ2v) is 6.92. The lowest BCUT2D eigenvalue weighted by Crippen LogP contribution is -2.49. The fourth-order valence-electron chi connectivity index (χ4n) is 3.30. The molecular weight excluding hydrogens is 338 g/mol. The number of benzene rings is 2. The van der Waals surface area contributed by atoms with E-state index in [1.165, 1.54) is 5.56 Å². The maximum atomic E-state index is 12.6. The average molecular weight is 365 g/mol. The van der Waals surface area contributed by atoms with Crippen LogP contribution in [0.2, 0.25) is 0 Å². The average Bonchev–Trinajstić information content (AvgIpc) is 2.70. The van der Waals surface area contributed by atoms with Gasteiger partial charge in [-0.3, -0.25) is 9.59 Å². The Kier molecular flexibility index (Phi) is 6.12. The molecule has 2 aromatic carbocycles. The van der Waals surface area contributed by atoms with Gasteiger partial charge in [0.05, 0.1) is 6.42 Å². The van der Waals surface area contributed by atoms with Crippen molar-refractivity contribution in [2.75, 3.05) is 36.4 Å². The van der Waals surface area contributed by atoms with E-state index in [-0.39, 0.29) is 11.8 Å². The number of nitrogens with one attached hydrogen (secondary N) is 1. The van der Waals surface area contributed by atoms with E-state index < -0.39 is 0 Å². The standard InChI is InChI=1S/C22H27N3O2/c1-3-21(26)23-19-8-10-20(11-9-19)24-12-14-25(15-13-24)22(27)16-18-7-5-4-6-17(18)2/h4-11H,3,12-16H2,1-2H3,(H,23,26). The van der Waals surface area contributed by atoms with Gasteiger partial charge in [-0.05, 0) is 42.3 Å². The van der Waals surface area contributed by atoms with Gasteiger partial charge in [0, 0.05) is 44.0 Å². The van der Waals surface area contributed by atoms with E-state index in [1.54, 1.807) is 0 Å². The third-order valence-electron chi connectivity index (χ3n) is 5.07. The summed E-state index contributed by atoms with van der Waals surface area (Å²) in [4.78, 5) is 28.3. The van der Waals surface area contributed by atoms with Crippen molar-refractivity contribution >= 4 is 23.2 Å². The zero-order valence-electron chi connectivity index (χ0n) is 16.1. The number of hydrogen-bond donors (Lipinski definition) is 1. The molecule has 0 unspecified atom stereocenters. The van der Waals surface area contributed by atoms with Gasteiger partial charge in [-0.15, -0.1) is 0 Å². The van der Waals surface area contributed by atoms with Crippen LogP contribution in [0, 0.1) is 6.92 Å². The lowest BCUT2D eigenvalue weighted by molar-refractivity contribution is -0.130. The minimum Gasteiger partial charge on any atom is -0.368 e. The third-order valence-corrected chi connectivity index (χ3v) is 5.07. The molecule has 0 spiro atoms. The highest BCUT2D eigenvalue weighted by atomic mass is 16.2. The summed E-state index contributed by atoms with van der Waals surface area (Å²) in [7, 11) is 0. The van der Waals surface area contributed by atoms with Gasteiger partial charge in [-0.1, -0.05) is 31.2 Å². The third kappa shape index (κ3) is 4.88. The molecule has 2 amide bonds. The first-order chi connectivity index (χ1) is 13.1. The molecule has 2 aromatic rings. The minimum atomic E-state index is 0.0172. The molecule has 1 fully saturated rings. The molecule has 0 radical (unpaired) electrons. The van der Waals surface area contributed by atoms with E-state index in [1.807, 2.05) is 67.3 Å². The number of hydrogen-bond acceptors (Lipinski definition) is 3. The molecule has 1 aliphatic heterocycles. The van der Waals surface area contributed by atoms with Crippen molar-refractivity contribution in [1.29, 1.82) is 0 Å². The summed E-state index contributed by atoms with van der Waals surface area (Å²) in [5.41, 5.74) is 4.21. The molecule has 1 saturated heterocycles. The van der Waals surface area contributed by atoms with Gasteiger partial charge in [-0.25, -0.2) is 0 Å². The smallest absolute Gasteiger partial charge is 0.227 e. The summed E-state index contributed by atoms with van der Waals surface area (Å²) >= 11 is 0. The van der Waals surface area contributed by atoms with Crippen molar-refractivity contribution in [2.45, 2.75) is 26.7 Å². The van der Waals surface area contributed by atoms with Crippen molar-refractivity contribution < 1.29 is 9.59 Å². The van der Waals surface area contributed by atoms with E-state index in [4.69, 9.17) is 0 Å². The maximum absolute atomic E-state index is 12.6. The van der Waals surface area contributed by atoms with Crippen molar-refractivity contribution in [1.82, 2.24) is 4.90 Å². The summed E-state index contributed by atoms with van der Waals surface area (Å²) in [5.74, 6) is 0.213. The molecule has 3 rings (SSSR count). The van der Waals surface area contributed by atoms with Crippen LogP contribution in [-0.2, 0) is 16.0 Å².